The van der Waals surface area contributed by atoms with Crippen molar-refractivity contribution in [3.05, 3.63) is 76.4 Å². The molecule has 372 valence electrons. The van der Waals surface area contributed by atoms with E-state index >= 15 is 0 Å². The number of anilines is 1. The summed E-state index contributed by atoms with van der Waals surface area (Å²) >= 11 is 0. The predicted molar refractivity (Wildman–Crippen MR) is 244 cm³/mol. The molecule has 0 saturated carbocycles. The van der Waals surface area contributed by atoms with Gasteiger partial charge in [-0.25, -0.2) is 14.4 Å². The smallest absolute Gasteiger partial charge is 0.444 e. The summed E-state index contributed by atoms with van der Waals surface area (Å²) in [5.41, 5.74) is 4.73. The van der Waals surface area contributed by atoms with Gasteiger partial charge < -0.3 is 46.1 Å². The molecule has 3 rings (SSSR count). The number of hydrogen-bond donors (Lipinski definition) is 6. The number of benzene rings is 2. The maximum absolute atomic E-state index is 14.3. The summed E-state index contributed by atoms with van der Waals surface area (Å²) in [6.45, 7) is 10.3. The van der Waals surface area contributed by atoms with Crippen LogP contribution in [-0.4, -0.2) is 130 Å². The molecule has 0 bridgehead atoms. The summed E-state index contributed by atoms with van der Waals surface area (Å²) in [4.78, 5) is 129. The van der Waals surface area contributed by atoms with E-state index in [9.17, 15) is 53.4 Å². The number of non-ortho nitro benzene ring substituents is 1. The van der Waals surface area contributed by atoms with Crippen LogP contribution in [0, 0.1) is 16.0 Å². The Bertz CT molecular complexity index is 2130. The fourth-order valence-electron chi connectivity index (χ4n) is 6.26. The Balaban J connectivity index is 1.82. The van der Waals surface area contributed by atoms with Crippen LogP contribution in [0.5, 0.6) is 5.75 Å². The molecule has 68 heavy (non-hydrogen) atoms. The Morgan fingerprint density at radius 3 is 2.03 bits per heavy atom. The van der Waals surface area contributed by atoms with Crippen molar-refractivity contribution in [3.63, 3.8) is 0 Å². The number of nitrogens with two attached hydrogens (primary N) is 1. The molecule has 0 radical (unpaired) electrons. The van der Waals surface area contributed by atoms with Crippen LogP contribution in [0.2, 0.25) is 0 Å². The second kappa shape index (κ2) is 26.0. The van der Waals surface area contributed by atoms with Crippen LogP contribution in [0.1, 0.15) is 66.9 Å². The number of ether oxygens (including phenoxy) is 3. The van der Waals surface area contributed by atoms with Crippen molar-refractivity contribution in [2.24, 2.45) is 11.7 Å². The van der Waals surface area contributed by atoms with E-state index < -0.39 is 96.9 Å². The molecular formula is C43H60N8O16P+. The number of carbonyl (C=O) groups is 8. The molecule has 1 aliphatic heterocycles. The first kappa shape index (κ1) is 55.6. The predicted octanol–water partition coefficient (Wildman–Crippen LogP) is 3.68. The number of hydrogen-bond acceptors (Lipinski definition) is 16. The topological polar surface area (TPSA) is 327 Å². The van der Waals surface area contributed by atoms with Crippen molar-refractivity contribution >= 4 is 67.1 Å². The summed E-state index contributed by atoms with van der Waals surface area (Å²) in [6.07, 6.45) is -0.247. The molecule has 2 aromatic rings. The van der Waals surface area contributed by atoms with Crippen LogP contribution in [0.4, 0.5) is 25.8 Å². The Kier molecular flexibility index (Phi) is 21.2. The highest BCUT2D eigenvalue weighted by atomic mass is 31.2. The number of nitrogens with zero attached hydrogens (tertiary/aromatic N) is 3. The van der Waals surface area contributed by atoms with Crippen molar-refractivity contribution < 1.29 is 71.4 Å². The molecule has 7 N–H and O–H groups in total. The molecule has 0 aromatic heterocycles. The van der Waals surface area contributed by atoms with Gasteiger partial charge in [0, 0.05) is 36.5 Å². The first-order chi connectivity index (χ1) is 31.9. The second-order valence-electron chi connectivity index (χ2n) is 16.3. The minimum atomic E-state index is -3.52. The molecule has 1 heterocycles. The molecule has 24 nitrogen and oxygen atoms in total. The first-order valence-electron chi connectivity index (χ1n) is 21.5. The lowest BCUT2D eigenvalue weighted by molar-refractivity contribution is -0.384. The molecule has 0 fully saturated rings. The van der Waals surface area contributed by atoms with Crippen molar-refractivity contribution in [2.45, 2.75) is 91.6 Å². The van der Waals surface area contributed by atoms with Crippen LogP contribution in [0.25, 0.3) is 0 Å². The van der Waals surface area contributed by atoms with Gasteiger partial charge >= 0.3 is 26.2 Å². The Morgan fingerprint density at radius 1 is 0.897 bits per heavy atom. The summed E-state index contributed by atoms with van der Waals surface area (Å²) in [5, 5.41) is 21.2. The van der Waals surface area contributed by atoms with Crippen LogP contribution in [0.3, 0.4) is 0 Å². The lowest BCUT2D eigenvalue weighted by Gasteiger charge is -2.34. The van der Waals surface area contributed by atoms with Gasteiger partial charge in [-0.3, -0.25) is 39.0 Å². The number of nitro benzene ring substituents is 1. The quantitative estimate of drug-likeness (QED) is 0.0157. The fraction of sp³-hybridized carbons (Fsp3) is 0.488. The van der Waals surface area contributed by atoms with E-state index in [4.69, 9.17) is 29.0 Å². The van der Waals surface area contributed by atoms with Gasteiger partial charge in [0.25, 0.3) is 17.5 Å². The highest BCUT2D eigenvalue weighted by Crippen LogP contribution is 2.56. The second-order valence-corrected chi connectivity index (χ2v) is 18.6. The van der Waals surface area contributed by atoms with E-state index in [0.717, 1.165) is 29.2 Å². The summed E-state index contributed by atoms with van der Waals surface area (Å²) in [7, 11) is -3.52. The number of carbonyl (C=O) groups excluding carboxylic acids is 8. The van der Waals surface area contributed by atoms with Crippen molar-refractivity contribution in [1.29, 1.82) is 0 Å². The van der Waals surface area contributed by atoms with Crippen LogP contribution < -0.4 is 31.7 Å². The molecule has 25 heteroatoms. The lowest BCUT2D eigenvalue weighted by atomic mass is 10.0. The van der Waals surface area contributed by atoms with E-state index in [1.807, 2.05) is 0 Å². The van der Waals surface area contributed by atoms with Crippen molar-refractivity contribution in [3.8, 4) is 5.75 Å². The Hall–Kier alpha value is -6.75. The van der Waals surface area contributed by atoms with E-state index in [2.05, 4.69) is 21.3 Å². The molecule has 0 spiro atoms. The number of nitro groups is 1. The number of amides is 8. The highest BCUT2D eigenvalue weighted by Gasteiger charge is 2.44. The number of nitrogens with one attached hydrogen (secondary N) is 4. The highest BCUT2D eigenvalue weighted by molar-refractivity contribution is 7.60. The monoisotopic (exact) mass is 975 g/mol. The number of primary amides is 1. The summed E-state index contributed by atoms with van der Waals surface area (Å²) in [5.74, 6) is -4.95. The van der Waals surface area contributed by atoms with Crippen LogP contribution in [0.15, 0.2) is 60.7 Å². The fourth-order valence-corrected chi connectivity index (χ4v) is 7.89. The number of imide groups is 1. The van der Waals surface area contributed by atoms with Gasteiger partial charge in [-0.05, 0) is 83.2 Å². The number of urea groups is 1. The Morgan fingerprint density at radius 2 is 1.50 bits per heavy atom. The molecule has 3 atom stereocenters. The molecule has 2 aromatic carbocycles. The average molecular weight is 976 g/mol. The third-order valence-corrected chi connectivity index (χ3v) is 11.6. The minimum Gasteiger partial charge on any atom is -0.444 e. The maximum atomic E-state index is 14.3. The largest absolute Gasteiger partial charge is 0.514 e. The average Bonchev–Trinajstić information content (AvgIpc) is 3.59. The standard InChI is InChI=1S/C43H59N8O16P/c1-8-64-68(62,65-9-2)24-23-49(41(58)67-43(5,6)7)25-33(50-34(52)20-21-35(50)53)38(55)48-36(27(3)4)39(56)47-32(11-10-22-45-40(44)57)37(54)46-29-14-12-28(13-15-29)26-63-42(59)66-31-18-16-30(17-19-31)51(60)61/h12-21,27,32-33,36,62H,8-11,22-26H2,1-7H3,(H5-,44,45,46,47,48,54,55,56,57)/p+1/t32-,33?,36-/m0/s1. The minimum absolute atomic E-state index is 0.0237. The normalized spacial score (nSPS) is 13.8. The summed E-state index contributed by atoms with van der Waals surface area (Å²) in [6, 6.07) is 5.65. The zero-order chi connectivity index (χ0) is 50.8. The molecule has 8 amide bonds. The molecule has 1 aliphatic rings. The van der Waals surface area contributed by atoms with E-state index in [-0.39, 0.29) is 69.0 Å². The van der Waals surface area contributed by atoms with Gasteiger partial charge in [-0.1, -0.05) is 26.0 Å². The SMILES string of the molecule is CCO[P+](O)(CCN(CC(C(=O)N[C@H](C(=O)N[C@@H](CCCNC(N)=O)C(=O)Nc1ccc(COC(=O)Oc2ccc([N+](=O)[O-])cc2)cc1)C(C)C)N1C(=O)C=CC1=O)C(=O)OC(C)(C)C)OCC. The van der Waals surface area contributed by atoms with Gasteiger partial charge in [0.2, 0.25) is 17.7 Å². The zero-order valence-corrected chi connectivity index (χ0v) is 39.8. The maximum Gasteiger partial charge on any atom is 0.514 e. The molecule has 1 unspecified atom stereocenters. The van der Waals surface area contributed by atoms with Crippen molar-refractivity contribution in [1.82, 2.24) is 25.8 Å². The van der Waals surface area contributed by atoms with Gasteiger partial charge in [0.15, 0.2) is 6.16 Å². The van der Waals surface area contributed by atoms with E-state index in [1.165, 1.54) is 36.4 Å². The molecule has 0 aliphatic carbocycles. The summed E-state index contributed by atoms with van der Waals surface area (Å²) < 4.78 is 26.7. The third kappa shape index (κ3) is 18.1. The zero-order valence-electron chi connectivity index (χ0n) is 38.9. The van der Waals surface area contributed by atoms with Gasteiger partial charge in [-0.2, -0.15) is 13.9 Å². The van der Waals surface area contributed by atoms with Crippen LogP contribution in [-0.2, 0) is 49.1 Å². The van der Waals surface area contributed by atoms with E-state index in [0.29, 0.717) is 10.5 Å². The van der Waals surface area contributed by atoms with Crippen LogP contribution >= 0.6 is 7.94 Å². The molecular weight excluding hydrogens is 915 g/mol. The number of rotatable bonds is 25. The molecule has 0 saturated heterocycles. The van der Waals surface area contributed by atoms with Gasteiger partial charge in [0.1, 0.15) is 36.1 Å². The van der Waals surface area contributed by atoms with E-state index in [1.54, 1.807) is 48.5 Å². The first-order valence-corrected chi connectivity index (χ1v) is 23.3. The van der Waals surface area contributed by atoms with Crippen molar-refractivity contribution in [2.75, 3.05) is 44.3 Å². The Labute approximate surface area is 393 Å². The van der Waals surface area contributed by atoms with Gasteiger partial charge in [0.05, 0.1) is 31.2 Å². The lowest BCUT2D eigenvalue weighted by Crippen LogP contribution is -2.61. The van der Waals surface area contributed by atoms with Gasteiger partial charge in [-0.15, -0.1) is 0 Å². The third-order valence-electron chi connectivity index (χ3n) is 9.49.